The van der Waals surface area contributed by atoms with Gasteiger partial charge in [0.05, 0.1) is 34.2 Å². The molecule has 1 saturated carbocycles. The maximum atomic E-state index is 13.7. The van der Waals surface area contributed by atoms with Gasteiger partial charge < -0.3 is 14.6 Å². The molecule has 35 heavy (non-hydrogen) atoms. The van der Waals surface area contributed by atoms with Crippen LogP contribution in [-0.4, -0.2) is 44.4 Å². The lowest BCUT2D eigenvalue weighted by Gasteiger charge is -2.27. The van der Waals surface area contributed by atoms with Crippen molar-refractivity contribution in [2.75, 3.05) is 13.1 Å². The number of para-hydroxylation sites is 2. The van der Waals surface area contributed by atoms with Crippen molar-refractivity contribution in [2.24, 2.45) is 0 Å². The Bertz CT molecular complexity index is 1580. The number of hydrogen-bond donors (Lipinski definition) is 1. The molecule has 1 spiro atoms. The Balaban J connectivity index is 1.17. The second kappa shape index (κ2) is 6.91. The van der Waals surface area contributed by atoms with Gasteiger partial charge in [-0.25, -0.2) is 9.59 Å². The highest BCUT2D eigenvalue weighted by Gasteiger charge is 2.57. The number of carbonyl (C=O) groups is 2. The number of nitrogens with one attached hydrogen (secondary N) is 1. The van der Waals surface area contributed by atoms with Gasteiger partial charge in [-0.1, -0.05) is 24.3 Å². The summed E-state index contributed by atoms with van der Waals surface area (Å²) in [6.07, 6.45) is 5.35. The van der Waals surface area contributed by atoms with Crippen molar-refractivity contribution < 1.29 is 14.3 Å². The van der Waals surface area contributed by atoms with Gasteiger partial charge in [0.15, 0.2) is 5.60 Å². The summed E-state index contributed by atoms with van der Waals surface area (Å²) in [7, 11) is 0. The average Bonchev–Trinajstić information content (AvgIpc) is 3.36. The van der Waals surface area contributed by atoms with Crippen LogP contribution >= 0.6 is 0 Å². The minimum absolute atomic E-state index is 0.0740. The number of pyridine rings is 1. The summed E-state index contributed by atoms with van der Waals surface area (Å²) in [5, 5.41) is 0. The van der Waals surface area contributed by atoms with E-state index >= 15 is 0 Å². The molecule has 0 unspecified atom stereocenters. The van der Waals surface area contributed by atoms with Crippen molar-refractivity contribution >= 4 is 22.9 Å². The quantitative estimate of drug-likeness (QED) is 0.468. The summed E-state index contributed by atoms with van der Waals surface area (Å²) in [5.74, 6) is -0.295. The summed E-state index contributed by atoms with van der Waals surface area (Å²) < 4.78 is 7.44. The first-order valence-corrected chi connectivity index (χ1v) is 11.8. The molecule has 2 aliphatic heterocycles. The fourth-order valence-corrected chi connectivity index (χ4v) is 5.79. The molecule has 4 aromatic rings. The second-order valence-electron chi connectivity index (χ2n) is 9.69. The number of hydrogen-bond acceptors (Lipinski definition) is 5. The SMILES string of the molecule is O=C1O[C@]2(CCN(C(=O)C3(c4ccc(-n5c(=O)[nH]c6ccccc65)cc4)CC3)C2)c2ccncc21. The minimum Gasteiger partial charge on any atom is -0.449 e. The number of rotatable bonds is 3. The average molecular weight is 466 g/mol. The van der Waals surface area contributed by atoms with E-state index in [1.54, 1.807) is 17.0 Å². The van der Waals surface area contributed by atoms with Crippen LogP contribution in [-0.2, 0) is 20.5 Å². The van der Waals surface area contributed by atoms with Crippen LogP contribution in [0.3, 0.4) is 0 Å². The zero-order chi connectivity index (χ0) is 23.8. The maximum Gasteiger partial charge on any atom is 0.341 e. The first-order valence-electron chi connectivity index (χ1n) is 11.8. The molecule has 1 atom stereocenters. The number of nitrogens with zero attached hydrogens (tertiary/aromatic N) is 3. The van der Waals surface area contributed by atoms with Crippen molar-refractivity contribution in [1.29, 1.82) is 0 Å². The van der Waals surface area contributed by atoms with E-state index < -0.39 is 11.0 Å². The Labute approximate surface area is 200 Å². The standard InChI is InChI=1S/C27H22N4O4/c32-23-19-15-28-13-9-20(19)27(35-23)12-14-30(16-27)24(33)26(10-11-26)17-5-7-18(8-6-17)31-22-4-2-1-3-21(22)29-25(31)34/h1-9,13,15H,10-12,14,16H2,(H,29,34)/t27-/m0/s1. The number of aromatic nitrogens is 3. The van der Waals surface area contributed by atoms with Gasteiger partial charge in [0.25, 0.3) is 0 Å². The third-order valence-corrected chi connectivity index (χ3v) is 7.77. The normalized spacial score (nSPS) is 21.9. The van der Waals surface area contributed by atoms with E-state index in [2.05, 4.69) is 9.97 Å². The molecule has 1 amide bonds. The van der Waals surface area contributed by atoms with Crippen molar-refractivity contribution in [1.82, 2.24) is 19.4 Å². The van der Waals surface area contributed by atoms with E-state index in [9.17, 15) is 14.4 Å². The zero-order valence-electron chi connectivity index (χ0n) is 18.9. The highest BCUT2D eigenvalue weighted by Crippen LogP contribution is 2.52. The first kappa shape index (κ1) is 20.2. The number of aromatic amines is 1. The Hall–Kier alpha value is -4.20. The Morgan fingerprint density at radius 3 is 2.60 bits per heavy atom. The summed E-state index contributed by atoms with van der Waals surface area (Å²) in [6.45, 7) is 0.900. The lowest BCUT2D eigenvalue weighted by Crippen LogP contribution is -2.40. The molecule has 1 aliphatic carbocycles. The smallest absolute Gasteiger partial charge is 0.341 e. The van der Waals surface area contributed by atoms with Gasteiger partial charge in [-0.05, 0) is 48.7 Å². The Kier molecular flexibility index (Phi) is 3.99. The third-order valence-electron chi connectivity index (χ3n) is 7.77. The molecule has 2 aromatic heterocycles. The summed E-state index contributed by atoms with van der Waals surface area (Å²) >= 11 is 0. The fourth-order valence-electron chi connectivity index (χ4n) is 5.79. The third kappa shape index (κ3) is 2.79. The molecule has 2 fully saturated rings. The van der Waals surface area contributed by atoms with E-state index in [1.807, 2.05) is 59.5 Å². The van der Waals surface area contributed by atoms with Crippen LogP contribution in [0, 0.1) is 0 Å². The fraction of sp³-hybridized carbons (Fsp3) is 0.259. The number of likely N-dealkylation sites (tertiary alicyclic amines) is 1. The van der Waals surface area contributed by atoms with E-state index in [4.69, 9.17) is 4.74 Å². The van der Waals surface area contributed by atoms with Crippen LogP contribution in [0.25, 0.3) is 16.7 Å². The van der Waals surface area contributed by atoms with Crippen LogP contribution < -0.4 is 5.69 Å². The number of fused-ring (bicyclic) bond motifs is 3. The number of benzene rings is 2. The number of esters is 1. The van der Waals surface area contributed by atoms with Gasteiger partial charge >= 0.3 is 11.7 Å². The topological polar surface area (TPSA) is 97.3 Å². The zero-order valence-corrected chi connectivity index (χ0v) is 18.9. The van der Waals surface area contributed by atoms with Crippen molar-refractivity contribution in [3.8, 4) is 5.69 Å². The van der Waals surface area contributed by atoms with Crippen LogP contribution in [0.4, 0.5) is 0 Å². The molecule has 0 bridgehead atoms. The van der Waals surface area contributed by atoms with E-state index in [0.717, 1.165) is 40.7 Å². The van der Waals surface area contributed by atoms with E-state index in [0.29, 0.717) is 25.1 Å². The Morgan fingerprint density at radius 1 is 1.00 bits per heavy atom. The summed E-state index contributed by atoms with van der Waals surface area (Å²) in [6, 6.07) is 17.1. The molecule has 7 rings (SSSR count). The molecule has 174 valence electrons. The largest absolute Gasteiger partial charge is 0.449 e. The minimum atomic E-state index is -0.776. The molecule has 1 saturated heterocycles. The van der Waals surface area contributed by atoms with Gasteiger partial charge in [-0.15, -0.1) is 0 Å². The van der Waals surface area contributed by atoms with Crippen LogP contribution in [0.2, 0.25) is 0 Å². The van der Waals surface area contributed by atoms with Crippen molar-refractivity contribution in [2.45, 2.75) is 30.3 Å². The predicted molar refractivity (Wildman–Crippen MR) is 127 cm³/mol. The maximum absolute atomic E-state index is 13.7. The molecule has 8 nitrogen and oxygen atoms in total. The molecule has 1 N–H and O–H groups in total. The van der Waals surface area contributed by atoms with Gasteiger partial charge in [-0.3, -0.25) is 14.3 Å². The van der Waals surface area contributed by atoms with Crippen LogP contribution in [0.1, 0.15) is 40.7 Å². The monoisotopic (exact) mass is 466 g/mol. The van der Waals surface area contributed by atoms with Crippen LogP contribution in [0.15, 0.2) is 71.8 Å². The molecule has 4 heterocycles. The summed E-state index contributed by atoms with van der Waals surface area (Å²) in [4.78, 5) is 47.4. The molecular weight excluding hydrogens is 444 g/mol. The number of imidazole rings is 1. The highest BCUT2D eigenvalue weighted by molar-refractivity contribution is 5.95. The molecule has 2 aromatic carbocycles. The summed E-state index contributed by atoms with van der Waals surface area (Å²) in [5.41, 5.74) is 3.09. The lowest BCUT2D eigenvalue weighted by molar-refractivity contribution is -0.134. The van der Waals surface area contributed by atoms with Gasteiger partial charge in [0.1, 0.15) is 0 Å². The second-order valence-corrected chi connectivity index (χ2v) is 9.69. The van der Waals surface area contributed by atoms with Gasteiger partial charge in [-0.2, -0.15) is 0 Å². The number of H-pyrrole nitrogens is 1. The molecule has 3 aliphatic rings. The number of amides is 1. The predicted octanol–water partition coefficient (Wildman–Crippen LogP) is 3.04. The number of ether oxygens (including phenoxy) is 1. The van der Waals surface area contributed by atoms with E-state index in [1.165, 1.54) is 0 Å². The highest BCUT2D eigenvalue weighted by atomic mass is 16.6. The lowest BCUT2D eigenvalue weighted by atomic mass is 9.92. The first-order chi connectivity index (χ1) is 17.0. The number of carbonyl (C=O) groups excluding carboxylic acids is 2. The van der Waals surface area contributed by atoms with Crippen molar-refractivity contribution in [3.05, 3.63) is 94.2 Å². The molecule has 8 heteroatoms. The molecular formula is C27H22N4O4. The Morgan fingerprint density at radius 2 is 1.80 bits per heavy atom. The molecule has 0 radical (unpaired) electrons. The van der Waals surface area contributed by atoms with Gasteiger partial charge in [0, 0.05) is 30.9 Å². The van der Waals surface area contributed by atoms with E-state index in [-0.39, 0.29) is 17.6 Å². The van der Waals surface area contributed by atoms with Crippen LogP contribution in [0.5, 0.6) is 0 Å². The van der Waals surface area contributed by atoms with Gasteiger partial charge in [0.2, 0.25) is 5.91 Å². The van der Waals surface area contributed by atoms with Crippen molar-refractivity contribution in [3.63, 3.8) is 0 Å².